The lowest BCUT2D eigenvalue weighted by Crippen LogP contribution is -2.17. The number of benzene rings is 2. The van der Waals surface area contributed by atoms with Gasteiger partial charge in [0.25, 0.3) is 0 Å². The van der Waals surface area contributed by atoms with E-state index in [4.69, 9.17) is 5.73 Å². The number of nitrogens with two attached hydrogens (primary N) is 1. The van der Waals surface area contributed by atoms with Crippen LogP contribution >= 0.6 is 0 Å². The minimum atomic E-state index is -1.10. The van der Waals surface area contributed by atoms with Gasteiger partial charge in [0.05, 0.1) is 12.5 Å². The van der Waals surface area contributed by atoms with Crippen LogP contribution in [0.4, 0.5) is 10.1 Å². The fourth-order valence-corrected chi connectivity index (χ4v) is 2.24. The first-order valence-corrected chi connectivity index (χ1v) is 7.00. The smallest absolute Gasteiger partial charge is 0.248 e. The molecule has 6 heteroatoms. The standard InChI is InChI=1S/C17H17FN2O3/c1-10-7-13(5-6-14(10)17(19)23)20-16(22)9-15(21)11-3-2-4-12(18)8-11/h2-8,15,21H,9H2,1H3,(H2,19,23)(H,20,22). The van der Waals surface area contributed by atoms with E-state index < -0.39 is 23.7 Å². The number of amides is 2. The summed E-state index contributed by atoms with van der Waals surface area (Å²) in [7, 11) is 0. The molecule has 0 saturated heterocycles. The lowest BCUT2D eigenvalue weighted by atomic mass is 10.1. The van der Waals surface area contributed by atoms with Crippen LogP contribution in [0.1, 0.15) is 34.0 Å². The molecule has 2 aromatic rings. The molecule has 0 aromatic heterocycles. The second-order valence-electron chi connectivity index (χ2n) is 5.22. The highest BCUT2D eigenvalue weighted by Gasteiger charge is 2.14. The van der Waals surface area contributed by atoms with E-state index >= 15 is 0 Å². The van der Waals surface area contributed by atoms with E-state index in [0.717, 1.165) is 0 Å². The monoisotopic (exact) mass is 316 g/mol. The van der Waals surface area contributed by atoms with Crippen molar-refractivity contribution < 1.29 is 19.1 Å². The van der Waals surface area contributed by atoms with Crippen LogP contribution in [0, 0.1) is 12.7 Å². The van der Waals surface area contributed by atoms with Crippen LogP contribution in [0.25, 0.3) is 0 Å². The fourth-order valence-electron chi connectivity index (χ4n) is 2.24. The van der Waals surface area contributed by atoms with E-state index in [-0.39, 0.29) is 6.42 Å². The number of anilines is 1. The lowest BCUT2D eigenvalue weighted by Gasteiger charge is -2.12. The van der Waals surface area contributed by atoms with Crippen molar-refractivity contribution in [3.05, 3.63) is 65.0 Å². The minimum Gasteiger partial charge on any atom is -0.388 e. The van der Waals surface area contributed by atoms with Gasteiger partial charge >= 0.3 is 0 Å². The Morgan fingerprint density at radius 1 is 1.26 bits per heavy atom. The number of carbonyl (C=O) groups excluding carboxylic acids is 2. The number of aryl methyl sites for hydroxylation is 1. The molecule has 0 bridgehead atoms. The number of hydrogen-bond donors (Lipinski definition) is 3. The summed E-state index contributed by atoms with van der Waals surface area (Å²) < 4.78 is 13.1. The van der Waals surface area contributed by atoms with E-state index in [1.165, 1.54) is 24.3 Å². The average molecular weight is 316 g/mol. The third-order valence-electron chi connectivity index (χ3n) is 3.39. The second-order valence-corrected chi connectivity index (χ2v) is 5.22. The number of hydrogen-bond acceptors (Lipinski definition) is 3. The van der Waals surface area contributed by atoms with Crippen molar-refractivity contribution in [3.8, 4) is 0 Å². The number of primary amides is 1. The maximum Gasteiger partial charge on any atom is 0.248 e. The van der Waals surface area contributed by atoms with Crippen LogP contribution in [-0.4, -0.2) is 16.9 Å². The first-order chi connectivity index (χ1) is 10.9. The number of carbonyl (C=O) groups is 2. The summed E-state index contributed by atoms with van der Waals surface area (Å²) in [5.41, 5.74) is 7.06. The molecule has 0 aliphatic heterocycles. The van der Waals surface area contributed by atoms with Gasteiger partial charge in [-0.1, -0.05) is 12.1 Å². The molecule has 1 atom stereocenters. The van der Waals surface area contributed by atoms with Gasteiger partial charge in [-0.15, -0.1) is 0 Å². The largest absolute Gasteiger partial charge is 0.388 e. The number of aliphatic hydroxyl groups excluding tert-OH is 1. The fraction of sp³-hybridized carbons (Fsp3) is 0.176. The summed E-state index contributed by atoms with van der Waals surface area (Å²) in [5.74, 6) is -1.44. The Hall–Kier alpha value is -2.73. The Kier molecular flexibility index (Phi) is 5.08. The quantitative estimate of drug-likeness (QED) is 0.790. The van der Waals surface area contributed by atoms with Crippen molar-refractivity contribution in [1.82, 2.24) is 0 Å². The second kappa shape index (κ2) is 7.02. The van der Waals surface area contributed by atoms with Gasteiger partial charge in [-0.25, -0.2) is 4.39 Å². The molecule has 0 aliphatic carbocycles. The van der Waals surface area contributed by atoms with Gasteiger partial charge in [0, 0.05) is 11.3 Å². The van der Waals surface area contributed by atoms with Crippen molar-refractivity contribution in [3.63, 3.8) is 0 Å². The highest BCUT2D eigenvalue weighted by atomic mass is 19.1. The Bertz CT molecular complexity index is 746. The topological polar surface area (TPSA) is 92.4 Å². The number of halogens is 1. The Balaban J connectivity index is 2.02. The zero-order valence-electron chi connectivity index (χ0n) is 12.5. The van der Waals surface area contributed by atoms with E-state index in [0.29, 0.717) is 22.4 Å². The predicted octanol–water partition coefficient (Wildman–Crippen LogP) is 2.30. The normalized spacial score (nSPS) is 11.8. The van der Waals surface area contributed by atoms with Crippen LogP contribution in [0.5, 0.6) is 0 Å². The molecule has 2 amide bonds. The van der Waals surface area contributed by atoms with E-state index in [1.807, 2.05) is 0 Å². The van der Waals surface area contributed by atoms with E-state index in [2.05, 4.69) is 5.32 Å². The Morgan fingerprint density at radius 2 is 2.00 bits per heavy atom. The zero-order chi connectivity index (χ0) is 17.0. The van der Waals surface area contributed by atoms with Gasteiger partial charge in [-0.2, -0.15) is 0 Å². The van der Waals surface area contributed by atoms with Crippen LogP contribution in [-0.2, 0) is 4.79 Å². The molecule has 4 N–H and O–H groups in total. The molecule has 0 spiro atoms. The number of rotatable bonds is 5. The summed E-state index contributed by atoms with van der Waals surface area (Å²) >= 11 is 0. The number of aliphatic hydroxyl groups is 1. The summed E-state index contributed by atoms with van der Waals surface area (Å²) in [5, 5.41) is 12.6. The molecule has 5 nitrogen and oxygen atoms in total. The summed E-state index contributed by atoms with van der Waals surface area (Å²) in [6.45, 7) is 1.71. The molecule has 0 saturated carbocycles. The molecule has 0 heterocycles. The molecule has 1 unspecified atom stereocenters. The Labute approximate surface area is 132 Å². The van der Waals surface area contributed by atoms with Crippen molar-refractivity contribution >= 4 is 17.5 Å². The van der Waals surface area contributed by atoms with E-state index in [9.17, 15) is 19.1 Å². The molecule has 0 radical (unpaired) electrons. The highest BCUT2D eigenvalue weighted by Crippen LogP contribution is 2.19. The zero-order valence-corrected chi connectivity index (χ0v) is 12.5. The predicted molar refractivity (Wildman–Crippen MR) is 84.3 cm³/mol. The van der Waals surface area contributed by atoms with Gasteiger partial charge in [0.15, 0.2) is 0 Å². The summed E-state index contributed by atoms with van der Waals surface area (Å²) in [6.07, 6.45) is -1.31. The van der Waals surface area contributed by atoms with Gasteiger partial charge in [-0.3, -0.25) is 9.59 Å². The molecule has 2 rings (SSSR count). The maximum atomic E-state index is 13.1. The molecular formula is C17H17FN2O3. The van der Waals surface area contributed by atoms with Gasteiger partial charge in [-0.05, 0) is 48.4 Å². The third kappa shape index (κ3) is 4.37. The lowest BCUT2D eigenvalue weighted by molar-refractivity contribution is -0.118. The van der Waals surface area contributed by atoms with Crippen molar-refractivity contribution in [2.24, 2.45) is 5.73 Å². The first kappa shape index (κ1) is 16.6. The molecular weight excluding hydrogens is 299 g/mol. The molecule has 23 heavy (non-hydrogen) atoms. The molecule has 2 aromatic carbocycles. The minimum absolute atomic E-state index is 0.208. The molecule has 0 aliphatic rings. The SMILES string of the molecule is Cc1cc(NC(=O)CC(O)c2cccc(F)c2)ccc1C(N)=O. The molecule has 120 valence electrons. The first-order valence-electron chi connectivity index (χ1n) is 7.00. The average Bonchev–Trinajstić information content (AvgIpc) is 2.46. The maximum absolute atomic E-state index is 13.1. The van der Waals surface area contributed by atoms with Gasteiger partial charge < -0.3 is 16.2 Å². The van der Waals surface area contributed by atoms with Crippen molar-refractivity contribution in [2.75, 3.05) is 5.32 Å². The highest BCUT2D eigenvalue weighted by molar-refractivity contribution is 5.96. The third-order valence-corrected chi connectivity index (χ3v) is 3.39. The van der Waals surface area contributed by atoms with E-state index in [1.54, 1.807) is 25.1 Å². The van der Waals surface area contributed by atoms with Crippen molar-refractivity contribution in [1.29, 1.82) is 0 Å². The number of nitrogens with one attached hydrogen (secondary N) is 1. The Morgan fingerprint density at radius 3 is 2.61 bits per heavy atom. The summed E-state index contributed by atoms with van der Waals surface area (Å²) in [4.78, 5) is 23.1. The van der Waals surface area contributed by atoms with Crippen molar-refractivity contribution in [2.45, 2.75) is 19.4 Å². The van der Waals surface area contributed by atoms with Crippen LogP contribution in [0.3, 0.4) is 0 Å². The van der Waals surface area contributed by atoms with Gasteiger partial charge in [0.2, 0.25) is 11.8 Å². The van der Waals surface area contributed by atoms with Crippen LogP contribution in [0.15, 0.2) is 42.5 Å². The molecule has 0 fully saturated rings. The van der Waals surface area contributed by atoms with Crippen LogP contribution < -0.4 is 11.1 Å². The summed E-state index contributed by atoms with van der Waals surface area (Å²) in [6, 6.07) is 10.2. The van der Waals surface area contributed by atoms with Crippen LogP contribution in [0.2, 0.25) is 0 Å². The van der Waals surface area contributed by atoms with Gasteiger partial charge in [0.1, 0.15) is 5.82 Å².